The summed E-state index contributed by atoms with van der Waals surface area (Å²) in [6.45, 7) is 3.62. The SMILES string of the molecule is CC(F)(F)c1cc(C(=O)O)cc2c1nc(CN1CCC(c3cccc(OCc4ccc(C#N)cc4F)n3)CC1)n2C[C@@H]1CCO1. The van der Waals surface area contributed by atoms with Crippen molar-refractivity contribution in [2.45, 2.75) is 63.8 Å². The van der Waals surface area contributed by atoms with E-state index in [1.807, 2.05) is 22.8 Å². The number of alkyl halides is 2. The van der Waals surface area contributed by atoms with Gasteiger partial charge in [-0.25, -0.2) is 27.9 Å². The number of aromatic nitrogens is 3. The Morgan fingerprint density at radius 3 is 2.58 bits per heavy atom. The summed E-state index contributed by atoms with van der Waals surface area (Å²) in [6.07, 6.45) is 2.35. The molecule has 4 heterocycles. The fraction of sp³-hybridized carbons (Fsp3) is 0.394. The average molecular weight is 620 g/mol. The summed E-state index contributed by atoms with van der Waals surface area (Å²) in [7, 11) is 0. The largest absolute Gasteiger partial charge is 0.478 e. The number of ether oxygens (including phenoxy) is 2. The lowest BCUT2D eigenvalue weighted by atomic mass is 9.93. The summed E-state index contributed by atoms with van der Waals surface area (Å²) >= 11 is 0. The first kappa shape index (κ1) is 30.6. The van der Waals surface area contributed by atoms with Gasteiger partial charge in [0.05, 0.1) is 47.4 Å². The number of carboxylic acids is 1. The number of rotatable bonds is 10. The molecule has 2 aromatic heterocycles. The molecule has 0 unspecified atom stereocenters. The summed E-state index contributed by atoms with van der Waals surface area (Å²) in [5.41, 5.74) is 1.32. The smallest absolute Gasteiger partial charge is 0.335 e. The maximum absolute atomic E-state index is 14.7. The summed E-state index contributed by atoms with van der Waals surface area (Å²) < 4.78 is 56.8. The van der Waals surface area contributed by atoms with Crippen molar-refractivity contribution in [2.24, 2.45) is 0 Å². The zero-order valence-electron chi connectivity index (χ0n) is 24.7. The zero-order valence-corrected chi connectivity index (χ0v) is 24.7. The van der Waals surface area contributed by atoms with E-state index >= 15 is 0 Å². The van der Waals surface area contributed by atoms with Crippen molar-refractivity contribution in [3.8, 4) is 11.9 Å². The first-order valence-corrected chi connectivity index (χ1v) is 14.9. The van der Waals surface area contributed by atoms with E-state index in [0.29, 0.717) is 55.6 Å². The maximum atomic E-state index is 14.7. The number of benzene rings is 2. The van der Waals surface area contributed by atoms with E-state index < -0.39 is 23.3 Å². The highest BCUT2D eigenvalue weighted by Gasteiger charge is 2.33. The molecule has 0 saturated carbocycles. The van der Waals surface area contributed by atoms with Gasteiger partial charge in [0, 0.05) is 42.3 Å². The van der Waals surface area contributed by atoms with Crippen LogP contribution >= 0.6 is 0 Å². The number of hydrogen-bond donors (Lipinski definition) is 1. The molecular weight excluding hydrogens is 587 g/mol. The molecule has 0 spiro atoms. The summed E-state index contributed by atoms with van der Waals surface area (Å²) in [4.78, 5) is 23.3. The molecule has 0 aliphatic carbocycles. The van der Waals surface area contributed by atoms with Crippen LogP contribution in [0.5, 0.6) is 5.88 Å². The van der Waals surface area contributed by atoms with Gasteiger partial charge in [0.1, 0.15) is 18.2 Å². The van der Waals surface area contributed by atoms with Gasteiger partial charge in [0.15, 0.2) is 0 Å². The first-order chi connectivity index (χ1) is 21.6. The fourth-order valence-electron chi connectivity index (χ4n) is 5.90. The van der Waals surface area contributed by atoms with Gasteiger partial charge in [-0.15, -0.1) is 0 Å². The van der Waals surface area contributed by atoms with Gasteiger partial charge in [0.25, 0.3) is 5.92 Å². The van der Waals surface area contributed by atoms with Crippen LogP contribution in [0.2, 0.25) is 0 Å². The van der Waals surface area contributed by atoms with E-state index in [4.69, 9.17) is 14.7 Å². The van der Waals surface area contributed by atoms with Gasteiger partial charge in [-0.05, 0) is 62.7 Å². The molecule has 0 amide bonds. The number of fused-ring (bicyclic) bond motifs is 1. The van der Waals surface area contributed by atoms with Crippen molar-refractivity contribution in [1.82, 2.24) is 19.4 Å². The van der Waals surface area contributed by atoms with Crippen LogP contribution in [0.25, 0.3) is 11.0 Å². The minimum atomic E-state index is -3.27. The molecule has 1 atom stereocenters. The van der Waals surface area contributed by atoms with Crippen molar-refractivity contribution >= 4 is 17.0 Å². The number of hydrogen-bond acceptors (Lipinski definition) is 7. The molecule has 9 nitrogen and oxygen atoms in total. The molecule has 1 N–H and O–H groups in total. The minimum absolute atomic E-state index is 0.0149. The Labute approximate surface area is 257 Å². The molecule has 45 heavy (non-hydrogen) atoms. The molecule has 2 fully saturated rings. The van der Waals surface area contributed by atoms with Gasteiger partial charge in [0.2, 0.25) is 5.88 Å². The van der Waals surface area contributed by atoms with E-state index in [9.17, 15) is 23.1 Å². The summed E-state index contributed by atoms with van der Waals surface area (Å²) in [5.74, 6) is -3.91. The molecular formula is C33H32F3N5O4. The Morgan fingerprint density at radius 2 is 1.93 bits per heavy atom. The Morgan fingerprint density at radius 1 is 1.16 bits per heavy atom. The van der Waals surface area contributed by atoms with Crippen molar-refractivity contribution in [1.29, 1.82) is 5.26 Å². The second-order valence-corrected chi connectivity index (χ2v) is 11.7. The average Bonchev–Trinajstić information content (AvgIpc) is 3.34. The number of pyridine rings is 1. The van der Waals surface area contributed by atoms with Crippen LogP contribution in [-0.4, -0.2) is 56.3 Å². The third-order valence-electron chi connectivity index (χ3n) is 8.51. The number of nitrogens with zero attached hydrogens (tertiary/aromatic N) is 5. The van der Waals surface area contributed by atoms with Crippen LogP contribution in [0.1, 0.15) is 70.7 Å². The molecule has 2 aliphatic heterocycles. The van der Waals surface area contributed by atoms with Crippen LogP contribution in [0.4, 0.5) is 13.2 Å². The molecule has 6 rings (SSSR count). The number of nitriles is 1. The number of aromatic carboxylic acids is 1. The van der Waals surface area contributed by atoms with Crippen molar-refractivity contribution in [3.05, 3.63) is 88.1 Å². The number of carbonyl (C=O) groups is 1. The molecule has 12 heteroatoms. The lowest BCUT2D eigenvalue weighted by Gasteiger charge is -2.32. The van der Waals surface area contributed by atoms with Gasteiger partial charge in [-0.1, -0.05) is 12.1 Å². The monoisotopic (exact) mass is 619 g/mol. The van der Waals surface area contributed by atoms with Gasteiger partial charge >= 0.3 is 5.97 Å². The lowest BCUT2D eigenvalue weighted by molar-refractivity contribution is -0.0592. The number of carboxylic acid groups (broad SMARTS) is 1. The van der Waals surface area contributed by atoms with E-state index in [1.54, 1.807) is 12.1 Å². The Kier molecular flexibility index (Phi) is 8.48. The van der Waals surface area contributed by atoms with E-state index in [2.05, 4.69) is 14.9 Å². The van der Waals surface area contributed by atoms with E-state index in [-0.39, 0.29) is 35.3 Å². The van der Waals surface area contributed by atoms with E-state index in [0.717, 1.165) is 37.9 Å². The molecule has 2 saturated heterocycles. The number of likely N-dealkylation sites (tertiary alicyclic amines) is 1. The number of imidazole rings is 1. The Hall–Kier alpha value is -4.47. The fourth-order valence-corrected chi connectivity index (χ4v) is 5.90. The second-order valence-electron chi connectivity index (χ2n) is 11.7. The van der Waals surface area contributed by atoms with Crippen molar-refractivity contribution in [3.63, 3.8) is 0 Å². The third kappa shape index (κ3) is 6.65. The van der Waals surface area contributed by atoms with Crippen LogP contribution in [0, 0.1) is 17.1 Å². The van der Waals surface area contributed by atoms with Crippen LogP contribution < -0.4 is 4.74 Å². The molecule has 234 valence electrons. The highest BCUT2D eigenvalue weighted by molar-refractivity contribution is 5.94. The predicted molar refractivity (Wildman–Crippen MR) is 158 cm³/mol. The normalized spacial score (nSPS) is 17.6. The topological polar surface area (TPSA) is 113 Å². The highest BCUT2D eigenvalue weighted by atomic mass is 19.3. The van der Waals surface area contributed by atoms with Crippen LogP contribution in [-0.2, 0) is 30.4 Å². The summed E-state index contributed by atoms with van der Waals surface area (Å²) in [6, 6.07) is 14.1. The second kappa shape index (κ2) is 12.5. The van der Waals surface area contributed by atoms with Gasteiger partial charge < -0.3 is 19.1 Å². The van der Waals surface area contributed by atoms with E-state index in [1.165, 1.54) is 18.2 Å². The van der Waals surface area contributed by atoms with Crippen LogP contribution in [0.3, 0.4) is 0 Å². The van der Waals surface area contributed by atoms with Crippen molar-refractivity contribution < 1.29 is 32.5 Å². The lowest BCUT2D eigenvalue weighted by Crippen LogP contribution is -2.35. The first-order valence-electron chi connectivity index (χ1n) is 14.9. The maximum Gasteiger partial charge on any atom is 0.335 e. The standard InChI is InChI=1S/C33H32F3N5O4/c1-33(35,36)25-14-23(32(42)43)15-28-31(25)39-29(41(28)17-24-9-12-44-24)18-40-10-7-21(8-11-40)27-3-2-4-30(38-27)45-19-22-6-5-20(16-37)13-26(22)34/h2-6,13-15,21,24H,7-12,17-19H2,1H3,(H,42,43)/t24-/m0/s1. The number of piperidine rings is 1. The van der Waals surface area contributed by atoms with Gasteiger partial charge in [-0.2, -0.15) is 5.26 Å². The van der Waals surface area contributed by atoms with Gasteiger partial charge in [-0.3, -0.25) is 4.90 Å². The van der Waals surface area contributed by atoms with Crippen molar-refractivity contribution in [2.75, 3.05) is 19.7 Å². The third-order valence-corrected chi connectivity index (χ3v) is 8.51. The molecule has 2 aromatic carbocycles. The number of halogens is 3. The minimum Gasteiger partial charge on any atom is -0.478 e. The van der Waals surface area contributed by atoms with Crippen LogP contribution in [0.15, 0.2) is 48.5 Å². The predicted octanol–water partition coefficient (Wildman–Crippen LogP) is 6.00. The summed E-state index contributed by atoms with van der Waals surface area (Å²) in [5, 5.41) is 18.6. The Balaban J connectivity index is 1.16. The highest BCUT2D eigenvalue weighted by Crippen LogP contribution is 2.36. The molecule has 0 bridgehead atoms. The molecule has 2 aliphatic rings. The molecule has 0 radical (unpaired) electrons. The zero-order chi connectivity index (χ0) is 31.7. The quantitative estimate of drug-likeness (QED) is 0.230. The Bertz CT molecular complexity index is 1770. The molecule has 4 aromatic rings.